The maximum Gasteiger partial charge on any atom is 0.260 e. The Morgan fingerprint density at radius 2 is 1.83 bits per heavy atom. The van der Waals surface area contributed by atoms with Crippen LogP contribution in [-0.4, -0.2) is 47.6 Å². The number of carbonyl (C=O) groups is 1. The number of carbonyl (C=O) groups excluding carboxylic acids is 1. The zero-order chi connectivity index (χ0) is 21.6. The number of hydrogen-bond acceptors (Lipinski definition) is 6. The van der Waals surface area contributed by atoms with Gasteiger partial charge in [0.15, 0.2) is 0 Å². The first-order valence-corrected chi connectivity index (χ1v) is 10.7. The lowest BCUT2D eigenvalue weighted by atomic mass is 10.2. The van der Waals surface area contributed by atoms with Gasteiger partial charge in [-0.3, -0.25) is 9.10 Å². The van der Waals surface area contributed by atoms with E-state index in [1.807, 2.05) is 0 Å². The Balaban J connectivity index is 2.24. The van der Waals surface area contributed by atoms with Gasteiger partial charge in [0.05, 0.1) is 42.4 Å². The van der Waals surface area contributed by atoms with Gasteiger partial charge in [-0.2, -0.15) is 5.10 Å². The number of methoxy groups -OCH3 is 2. The molecule has 2 aromatic rings. The molecule has 156 valence electrons. The number of nitrogens with one attached hydrogen (secondary N) is 1. The van der Waals surface area contributed by atoms with Gasteiger partial charge in [0.25, 0.3) is 5.91 Å². The summed E-state index contributed by atoms with van der Waals surface area (Å²) in [5.41, 5.74) is 2.84. The van der Waals surface area contributed by atoms with E-state index >= 15 is 0 Å². The molecule has 8 nitrogen and oxygen atoms in total. The molecule has 0 heterocycles. The van der Waals surface area contributed by atoms with Crippen molar-refractivity contribution in [2.75, 3.05) is 31.3 Å². The summed E-state index contributed by atoms with van der Waals surface area (Å²) in [7, 11) is -0.984. The van der Waals surface area contributed by atoms with E-state index in [1.54, 1.807) is 30.3 Å². The predicted molar refractivity (Wildman–Crippen MR) is 114 cm³/mol. The molecule has 2 rings (SSSR count). The second-order valence-electron chi connectivity index (χ2n) is 5.74. The van der Waals surface area contributed by atoms with Gasteiger partial charge in [0.2, 0.25) is 10.0 Å². The lowest BCUT2D eigenvalue weighted by Crippen LogP contribution is -2.39. The summed E-state index contributed by atoms with van der Waals surface area (Å²) in [4.78, 5) is 12.3. The number of benzene rings is 2. The van der Waals surface area contributed by atoms with Crippen molar-refractivity contribution in [2.45, 2.75) is 0 Å². The fourth-order valence-electron chi connectivity index (χ4n) is 2.34. The maximum absolute atomic E-state index is 12.3. The molecule has 0 unspecified atom stereocenters. The smallest absolute Gasteiger partial charge is 0.260 e. The number of ether oxygens (including phenoxy) is 2. The molecule has 2 aromatic carbocycles. The first-order valence-electron chi connectivity index (χ1n) is 8.13. The minimum atomic E-state index is -3.82. The average Bonchev–Trinajstić information content (AvgIpc) is 2.67. The Labute approximate surface area is 179 Å². The lowest BCUT2D eigenvalue weighted by molar-refractivity contribution is -0.119. The fourth-order valence-corrected chi connectivity index (χ4v) is 3.69. The SMILES string of the molecule is COc1ccc(OC)c(N(CC(=O)N/N=C\c2c(Cl)cccc2Cl)S(C)(=O)=O)c1. The van der Waals surface area contributed by atoms with E-state index in [0.717, 1.165) is 10.6 Å². The van der Waals surface area contributed by atoms with Gasteiger partial charge in [-0.1, -0.05) is 29.3 Å². The number of anilines is 1. The number of amides is 1. The number of halogens is 2. The van der Waals surface area contributed by atoms with E-state index in [1.165, 1.54) is 26.5 Å². The minimum absolute atomic E-state index is 0.155. The summed E-state index contributed by atoms with van der Waals surface area (Å²) in [5.74, 6) is -0.0173. The zero-order valence-electron chi connectivity index (χ0n) is 15.8. The third kappa shape index (κ3) is 5.99. The molecule has 0 saturated heterocycles. The number of hydrazone groups is 1. The van der Waals surface area contributed by atoms with Crippen LogP contribution in [0.15, 0.2) is 41.5 Å². The largest absolute Gasteiger partial charge is 0.497 e. The Kier molecular flexibility index (Phi) is 7.72. The van der Waals surface area contributed by atoms with Gasteiger partial charge in [-0.15, -0.1) is 0 Å². The van der Waals surface area contributed by atoms with Gasteiger partial charge < -0.3 is 9.47 Å². The molecule has 0 aliphatic rings. The van der Waals surface area contributed by atoms with Crippen molar-refractivity contribution in [2.24, 2.45) is 5.10 Å². The molecule has 0 aromatic heterocycles. The van der Waals surface area contributed by atoms with Crippen LogP contribution >= 0.6 is 23.2 Å². The van der Waals surface area contributed by atoms with Crippen LogP contribution in [0.1, 0.15) is 5.56 Å². The Morgan fingerprint density at radius 1 is 1.17 bits per heavy atom. The number of sulfonamides is 1. The third-order valence-corrected chi connectivity index (χ3v) is 5.51. The monoisotopic (exact) mass is 459 g/mol. The Bertz CT molecular complexity index is 1010. The highest BCUT2D eigenvalue weighted by molar-refractivity contribution is 7.92. The molecule has 0 aliphatic carbocycles. The average molecular weight is 460 g/mol. The molecule has 11 heteroatoms. The van der Waals surface area contributed by atoms with E-state index < -0.39 is 22.5 Å². The van der Waals surface area contributed by atoms with Gasteiger partial charge in [0.1, 0.15) is 18.0 Å². The third-order valence-electron chi connectivity index (χ3n) is 3.72. The van der Waals surface area contributed by atoms with Crippen LogP contribution in [0.5, 0.6) is 11.5 Å². The molecule has 0 spiro atoms. The predicted octanol–water partition coefficient (Wildman–Crippen LogP) is 2.93. The molecule has 0 aliphatic heterocycles. The molecule has 1 amide bonds. The highest BCUT2D eigenvalue weighted by atomic mass is 35.5. The van der Waals surface area contributed by atoms with Crippen molar-refractivity contribution in [1.82, 2.24) is 5.43 Å². The summed E-state index contributed by atoms with van der Waals surface area (Å²) in [6.45, 7) is -0.532. The quantitative estimate of drug-likeness (QED) is 0.483. The Morgan fingerprint density at radius 3 is 2.38 bits per heavy atom. The van der Waals surface area contributed by atoms with E-state index in [4.69, 9.17) is 32.7 Å². The number of nitrogens with zero attached hydrogens (tertiary/aromatic N) is 2. The maximum atomic E-state index is 12.3. The van der Waals surface area contributed by atoms with Crippen LogP contribution in [0.2, 0.25) is 10.0 Å². The van der Waals surface area contributed by atoms with Crippen molar-refractivity contribution in [1.29, 1.82) is 0 Å². The van der Waals surface area contributed by atoms with Crippen LogP contribution in [0.3, 0.4) is 0 Å². The summed E-state index contributed by atoms with van der Waals surface area (Å²) in [5, 5.41) is 4.51. The number of hydrogen-bond donors (Lipinski definition) is 1. The van der Waals surface area contributed by atoms with Crippen LogP contribution in [0.4, 0.5) is 5.69 Å². The summed E-state index contributed by atoms with van der Waals surface area (Å²) < 4.78 is 35.8. The first kappa shape index (κ1) is 22.8. The van der Waals surface area contributed by atoms with Crippen molar-refractivity contribution in [3.8, 4) is 11.5 Å². The second-order valence-corrected chi connectivity index (χ2v) is 8.46. The summed E-state index contributed by atoms with van der Waals surface area (Å²) in [6, 6.07) is 9.53. The summed E-state index contributed by atoms with van der Waals surface area (Å²) in [6.07, 6.45) is 2.26. The van der Waals surface area contributed by atoms with E-state index in [9.17, 15) is 13.2 Å². The van der Waals surface area contributed by atoms with Gasteiger partial charge in [-0.25, -0.2) is 13.8 Å². The molecule has 0 bridgehead atoms. The van der Waals surface area contributed by atoms with Crippen molar-refractivity contribution in [3.05, 3.63) is 52.0 Å². The van der Waals surface area contributed by atoms with Gasteiger partial charge >= 0.3 is 0 Å². The molecule has 0 saturated carbocycles. The highest BCUT2D eigenvalue weighted by Gasteiger charge is 2.24. The van der Waals surface area contributed by atoms with Crippen molar-refractivity contribution >= 4 is 51.0 Å². The second kappa shape index (κ2) is 9.82. The normalized spacial score (nSPS) is 11.3. The van der Waals surface area contributed by atoms with Gasteiger partial charge in [0, 0.05) is 11.6 Å². The van der Waals surface area contributed by atoms with E-state index in [-0.39, 0.29) is 11.4 Å². The molecular formula is C18H19Cl2N3O5S. The van der Waals surface area contributed by atoms with Gasteiger partial charge in [-0.05, 0) is 24.3 Å². The lowest BCUT2D eigenvalue weighted by Gasteiger charge is -2.23. The molecular weight excluding hydrogens is 441 g/mol. The fraction of sp³-hybridized carbons (Fsp3) is 0.222. The molecule has 1 N–H and O–H groups in total. The molecule has 0 radical (unpaired) electrons. The van der Waals surface area contributed by atoms with Crippen molar-refractivity contribution in [3.63, 3.8) is 0 Å². The van der Waals surface area contributed by atoms with E-state index in [0.29, 0.717) is 21.4 Å². The van der Waals surface area contributed by atoms with E-state index in [2.05, 4.69) is 10.5 Å². The number of rotatable bonds is 8. The Hall–Kier alpha value is -2.49. The van der Waals surface area contributed by atoms with Crippen LogP contribution in [0, 0.1) is 0 Å². The zero-order valence-corrected chi connectivity index (χ0v) is 18.2. The topological polar surface area (TPSA) is 97.3 Å². The van der Waals surface area contributed by atoms with Crippen molar-refractivity contribution < 1.29 is 22.7 Å². The van der Waals surface area contributed by atoms with Crippen LogP contribution < -0.4 is 19.2 Å². The highest BCUT2D eigenvalue weighted by Crippen LogP contribution is 2.33. The molecule has 29 heavy (non-hydrogen) atoms. The first-order chi connectivity index (χ1) is 13.7. The standard InChI is InChI=1S/C18H19Cl2N3O5S/c1-27-12-7-8-17(28-2)16(9-12)23(29(3,25)26)11-18(24)22-21-10-13-14(19)5-4-6-15(13)20/h4-10H,11H2,1-3H3,(H,22,24)/b21-10-. The molecule has 0 fully saturated rings. The minimum Gasteiger partial charge on any atom is -0.497 e. The molecule has 0 atom stereocenters. The summed E-state index contributed by atoms with van der Waals surface area (Å²) >= 11 is 12.1. The van der Waals surface area contributed by atoms with Crippen LogP contribution in [-0.2, 0) is 14.8 Å². The van der Waals surface area contributed by atoms with Crippen LogP contribution in [0.25, 0.3) is 0 Å².